The van der Waals surface area contributed by atoms with Crippen molar-refractivity contribution in [1.29, 1.82) is 0 Å². The fraction of sp³-hybridized carbons (Fsp3) is 0.250. The van der Waals surface area contributed by atoms with Crippen LogP contribution in [-0.4, -0.2) is 14.8 Å². The maximum absolute atomic E-state index is 5.47. The third-order valence-corrected chi connectivity index (χ3v) is 2.60. The molecular formula is C8H11ClN4S. The summed E-state index contributed by atoms with van der Waals surface area (Å²) in [6.07, 6.45) is 3.74. The molecule has 0 aliphatic rings. The molecule has 0 fully saturated rings. The minimum Gasteiger partial charge on any atom is -0.325 e. The normalized spacial score (nSPS) is 9.86. The van der Waals surface area contributed by atoms with Crippen LogP contribution in [-0.2, 0) is 13.6 Å². The first-order valence-electron chi connectivity index (χ1n) is 3.93. The van der Waals surface area contributed by atoms with Gasteiger partial charge in [-0.3, -0.25) is 4.68 Å². The van der Waals surface area contributed by atoms with E-state index >= 15 is 0 Å². The second-order valence-corrected chi connectivity index (χ2v) is 3.68. The molecular weight excluding hydrogens is 220 g/mol. The lowest BCUT2D eigenvalue weighted by Gasteiger charge is -1.87. The van der Waals surface area contributed by atoms with Gasteiger partial charge < -0.3 is 5.73 Å². The third-order valence-electron chi connectivity index (χ3n) is 1.73. The Morgan fingerprint density at radius 1 is 1.57 bits per heavy atom. The van der Waals surface area contributed by atoms with Crippen LogP contribution >= 0.6 is 23.7 Å². The Kier molecular flexibility index (Phi) is 3.62. The summed E-state index contributed by atoms with van der Waals surface area (Å²) in [4.78, 5) is 4.35. The van der Waals surface area contributed by atoms with E-state index in [1.807, 2.05) is 18.6 Å². The van der Waals surface area contributed by atoms with E-state index in [1.54, 1.807) is 22.2 Å². The summed E-state index contributed by atoms with van der Waals surface area (Å²) in [7, 11) is 1.89. The summed E-state index contributed by atoms with van der Waals surface area (Å²) in [6.45, 7) is 0.505. The van der Waals surface area contributed by atoms with E-state index < -0.39 is 0 Å². The molecule has 0 saturated carbocycles. The van der Waals surface area contributed by atoms with Crippen molar-refractivity contribution in [3.63, 3.8) is 0 Å². The zero-order chi connectivity index (χ0) is 9.26. The maximum Gasteiger partial charge on any atom is 0.107 e. The predicted molar refractivity (Wildman–Crippen MR) is 59.5 cm³/mol. The molecule has 6 heteroatoms. The number of rotatable bonds is 2. The summed E-state index contributed by atoms with van der Waals surface area (Å²) >= 11 is 1.58. The van der Waals surface area contributed by atoms with Crippen molar-refractivity contribution in [2.45, 2.75) is 6.54 Å². The number of hydrogen-bond donors (Lipinski definition) is 1. The van der Waals surface area contributed by atoms with Crippen LogP contribution < -0.4 is 5.73 Å². The van der Waals surface area contributed by atoms with Gasteiger partial charge in [0.1, 0.15) is 5.01 Å². The number of nitrogens with two attached hydrogens (primary N) is 1. The lowest BCUT2D eigenvalue weighted by Crippen LogP contribution is -1.94. The summed E-state index contributed by atoms with van der Waals surface area (Å²) in [5.74, 6) is 0. The van der Waals surface area contributed by atoms with Crippen LogP contribution in [0.4, 0.5) is 0 Å². The molecule has 0 aliphatic heterocycles. The molecule has 0 saturated heterocycles. The molecule has 2 heterocycles. The Balaban J connectivity index is 0.000000980. The molecule has 2 N–H and O–H groups in total. The van der Waals surface area contributed by atoms with Gasteiger partial charge in [0.2, 0.25) is 0 Å². The Hall–Kier alpha value is -0.910. The monoisotopic (exact) mass is 230 g/mol. The van der Waals surface area contributed by atoms with Gasteiger partial charge in [0.25, 0.3) is 0 Å². The molecule has 0 spiro atoms. The highest BCUT2D eigenvalue weighted by Crippen LogP contribution is 2.20. The van der Waals surface area contributed by atoms with Crippen LogP contribution in [0.15, 0.2) is 17.8 Å². The van der Waals surface area contributed by atoms with Crippen LogP contribution in [0, 0.1) is 0 Å². The van der Waals surface area contributed by atoms with Crippen LogP contribution in [0.2, 0.25) is 0 Å². The highest BCUT2D eigenvalue weighted by molar-refractivity contribution is 7.09. The molecule has 2 aromatic rings. The second-order valence-electron chi connectivity index (χ2n) is 2.73. The summed E-state index contributed by atoms with van der Waals surface area (Å²) < 4.78 is 1.76. The number of nitrogens with zero attached hydrogens (tertiary/aromatic N) is 3. The number of thiazole rings is 1. The fourth-order valence-corrected chi connectivity index (χ4v) is 1.77. The van der Waals surface area contributed by atoms with Gasteiger partial charge >= 0.3 is 0 Å². The van der Waals surface area contributed by atoms with Gasteiger partial charge in [0.05, 0.1) is 11.9 Å². The predicted octanol–water partition coefficient (Wildman–Crippen LogP) is 1.42. The molecule has 14 heavy (non-hydrogen) atoms. The molecule has 2 rings (SSSR count). The summed E-state index contributed by atoms with van der Waals surface area (Å²) in [6, 6.07) is 0. The van der Waals surface area contributed by atoms with Crippen molar-refractivity contribution < 1.29 is 0 Å². The van der Waals surface area contributed by atoms with Crippen LogP contribution in [0.5, 0.6) is 0 Å². The third kappa shape index (κ3) is 2.12. The average Bonchev–Trinajstić information content (AvgIpc) is 2.71. The van der Waals surface area contributed by atoms with Gasteiger partial charge in [-0.25, -0.2) is 4.98 Å². The fourth-order valence-electron chi connectivity index (χ4n) is 1.09. The largest absolute Gasteiger partial charge is 0.325 e. The van der Waals surface area contributed by atoms with Crippen molar-refractivity contribution in [1.82, 2.24) is 14.8 Å². The van der Waals surface area contributed by atoms with Gasteiger partial charge in [-0.1, -0.05) is 0 Å². The molecule has 0 radical (unpaired) electrons. The smallest absolute Gasteiger partial charge is 0.107 e. The van der Waals surface area contributed by atoms with Crippen LogP contribution in [0.3, 0.4) is 0 Å². The Morgan fingerprint density at radius 2 is 2.36 bits per heavy atom. The molecule has 76 valence electrons. The van der Waals surface area contributed by atoms with E-state index in [0.29, 0.717) is 6.54 Å². The average molecular weight is 231 g/mol. The molecule has 0 aromatic carbocycles. The van der Waals surface area contributed by atoms with Crippen molar-refractivity contribution in [2.75, 3.05) is 0 Å². The molecule has 0 bridgehead atoms. The number of halogens is 1. The molecule has 0 unspecified atom stereocenters. The topological polar surface area (TPSA) is 56.7 Å². The lowest BCUT2D eigenvalue weighted by molar-refractivity contribution is 0.768. The first-order valence-corrected chi connectivity index (χ1v) is 4.81. The zero-order valence-corrected chi connectivity index (χ0v) is 9.31. The second kappa shape index (κ2) is 4.54. The summed E-state index contributed by atoms with van der Waals surface area (Å²) in [5.41, 5.74) is 7.47. The SMILES string of the molecule is Cl.Cn1cc(-c2csc(CN)n2)cn1. The molecule has 2 aromatic heterocycles. The van der Waals surface area contributed by atoms with Crippen LogP contribution in [0.1, 0.15) is 5.01 Å². The van der Waals surface area contributed by atoms with E-state index in [1.165, 1.54) is 0 Å². The van der Waals surface area contributed by atoms with E-state index in [4.69, 9.17) is 5.73 Å². The zero-order valence-electron chi connectivity index (χ0n) is 7.67. The Morgan fingerprint density at radius 3 is 2.86 bits per heavy atom. The molecule has 0 amide bonds. The minimum absolute atomic E-state index is 0. The molecule has 4 nitrogen and oxygen atoms in total. The Labute approximate surface area is 92.2 Å². The maximum atomic E-state index is 5.47. The van der Waals surface area contributed by atoms with Crippen molar-refractivity contribution in [3.8, 4) is 11.3 Å². The summed E-state index contributed by atoms with van der Waals surface area (Å²) in [5, 5.41) is 7.03. The van der Waals surface area contributed by atoms with Gasteiger partial charge in [-0.05, 0) is 0 Å². The highest BCUT2D eigenvalue weighted by atomic mass is 35.5. The van der Waals surface area contributed by atoms with E-state index in [-0.39, 0.29) is 12.4 Å². The molecule has 0 aliphatic carbocycles. The quantitative estimate of drug-likeness (QED) is 0.849. The number of aromatic nitrogens is 3. The van der Waals surface area contributed by atoms with Gasteiger partial charge in [-0.2, -0.15) is 5.10 Å². The van der Waals surface area contributed by atoms with Crippen LogP contribution in [0.25, 0.3) is 11.3 Å². The molecule has 0 atom stereocenters. The standard InChI is InChI=1S/C8H10N4S.ClH/c1-12-4-6(3-10-12)7-5-13-8(2-9)11-7;/h3-5H,2,9H2,1H3;1H. The van der Waals surface area contributed by atoms with Gasteiger partial charge in [0.15, 0.2) is 0 Å². The first kappa shape index (κ1) is 11.2. The number of hydrogen-bond acceptors (Lipinski definition) is 4. The van der Waals surface area contributed by atoms with Crippen molar-refractivity contribution in [3.05, 3.63) is 22.8 Å². The minimum atomic E-state index is 0. The van der Waals surface area contributed by atoms with Crippen molar-refractivity contribution in [2.24, 2.45) is 12.8 Å². The highest BCUT2D eigenvalue weighted by Gasteiger charge is 2.04. The van der Waals surface area contributed by atoms with E-state index in [9.17, 15) is 0 Å². The lowest BCUT2D eigenvalue weighted by atomic mass is 10.3. The van der Waals surface area contributed by atoms with Gasteiger partial charge in [0, 0.05) is 30.7 Å². The van der Waals surface area contributed by atoms with Gasteiger partial charge in [-0.15, -0.1) is 23.7 Å². The first-order chi connectivity index (χ1) is 6.29. The van der Waals surface area contributed by atoms with E-state index in [2.05, 4.69) is 10.1 Å². The van der Waals surface area contributed by atoms with E-state index in [0.717, 1.165) is 16.3 Å². The van der Waals surface area contributed by atoms with Crippen molar-refractivity contribution >= 4 is 23.7 Å². The number of aryl methyl sites for hydroxylation is 1. The Bertz CT molecular complexity index is 409.